The molecule has 1 heteroatoms. The summed E-state index contributed by atoms with van der Waals surface area (Å²) in [6.07, 6.45) is 4.99. The summed E-state index contributed by atoms with van der Waals surface area (Å²) in [5, 5.41) is 3.30. The standard InChI is InChI=1S/C10H19N/c1-6-8-9(3)10(4,7-2)11-5/h6,8,11H,1,7H2,2-5H3/b9-8-/t10-/m0/s1. The highest BCUT2D eigenvalue weighted by Crippen LogP contribution is 2.18. The highest BCUT2D eigenvalue weighted by Gasteiger charge is 2.20. The van der Waals surface area contributed by atoms with Crippen LogP contribution in [0.3, 0.4) is 0 Å². The van der Waals surface area contributed by atoms with Crippen LogP contribution < -0.4 is 5.32 Å². The van der Waals surface area contributed by atoms with Gasteiger partial charge in [0.2, 0.25) is 0 Å². The number of allylic oxidation sites excluding steroid dienone is 2. The van der Waals surface area contributed by atoms with Gasteiger partial charge in [-0.2, -0.15) is 0 Å². The molecule has 0 aromatic rings. The van der Waals surface area contributed by atoms with Crippen LogP contribution in [0.25, 0.3) is 0 Å². The van der Waals surface area contributed by atoms with Crippen LogP contribution in [0, 0.1) is 0 Å². The smallest absolute Gasteiger partial charge is 0.0360 e. The largest absolute Gasteiger partial charge is 0.311 e. The van der Waals surface area contributed by atoms with E-state index in [1.165, 1.54) is 5.57 Å². The molecule has 0 amide bonds. The quantitative estimate of drug-likeness (QED) is 0.612. The zero-order valence-corrected chi connectivity index (χ0v) is 8.07. The van der Waals surface area contributed by atoms with Crippen molar-refractivity contribution in [1.82, 2.24) is 5.32 Å². The fourth-order valence-electron chi connectivity index (χ4n) is 1.01. The Hall–Kier alpha value is -0.560. The monoisotopic (exact) mass is 153 g/mol. The van der Waals surface area contributed by atoms with E-state index >= 15 is 0 Å². The third kappa shape index (κ3) is 2.51. The van der Waals surface area contributed by atoms with Gasteiger partial charge in [0, 0.05) is 5.54 Å². The molecule has 0 radical (unpaired) electrons. The average molecular weight is 153 g/mol. The second-order valence-electron chi connectivity index (χ2n) is 3.02. The minimum atomic E-state index is 0.133. The highest BCUT2D eigenvalue weighted by molar-refractivity contribution is 5.20. The van der Waals surface area contributed by atoms with Crippen molar-refractivity contribution in [1.29, 1.82) is 0 Å². The molecular formula is C10H19N. The number of likely N-dealkylation sites (N-methyl/N-ethyl adjacent to an activating group) is 1. The first-order valence-corrected chi connectivity index (χ1v) is 4.09. The van der Waals surface area contributed by atoms with Crippen LogP contribution in [0.15, 0.2) is 24.3 Å². The van der Waals surface area contributed by atoms with E-state index < -0.39 is 0 Å². The van der Waals surface area contributed by atoms with Crippen LogP contribution >= 0.6 is 0 Å². The molecule has 64 valence electrons. The number of rotatable bonds is 4. The molecule has 0 aromatic heterocycles. The summed E-state index contributed by atoms with van der Waals surface area (Å²) < 4.78 is 0. The molecule has 0 aromatic carbocycles. The third-order valence-electron chi connectivity index (χ3n) is 2.50. The first-order chi connectivity index (χ1) is 5.10. The summed E-state index contributed by atoms with van der Waals surface area (Å²) in [6, 6.07) is 0. The maximum Gasteiger partial charge on any atom is 0.0360 e. The van der Waals surface area contributed by atoms with Gasteiger partial charge in [-0.15, -0.1) is 0 Å². The first kappa shape index (κ1) is 10.4. The van der Waals surface area contributed by atoms with E-state index in [0.717, 1.165) is 6.42 Å². The summed E-state index contributed by atoms with van der Waals surface area (Å²) >= 11 is 0. The SMILES string of the molecule is C=C/C=C(/C)[C@](C)(CC)NC. The van der Waals surface area contributed by atoms with Gasteiger partial charge in [0.05, 0.1) is 0 Å². The van der Waals surface area contributed by atoms with Crippen LogP contribution in [0.2, 0.25) is 0 Å². The van der Waals surface area contributed by atoms with Crippen molar-refractivity contribution < 1.29 is 0 Å². The normalized spacial score (nSPS) is 17.6. The topological polar surface area (TPSA) is 12.0 Å². The van der Waals surface area contributed by atoms with Gasteiger partial charge < -0.3 is 5.32 Å². The maximum atomic E-state index is 3.68. The van der Waals surface area contributed by atoms with Gasteiger partial charge in [-0.05, 0) is 27.3 Å². The van der Waals surface area contributed by atoms with Crippen molar-refractivity contribution in [3.8, 4) is 0 Å². The Bertz CT molecular complexity index is 152. The number of hydrogen-bond acceptors (Lipinski definition) is 1. The average Bonchev–Trinajstić information content (AvgIpc) is 2.03. The summed E-state index contributed by atoms with van der Waals surface area (Å²) in [4.78, 5) is 0. The molecule has 0 aliphatic carbocycles. The van der Waals surface area contributed by atoms with Gasteiger partial charge in [0.25, 0.3) is 0 Å². The first-order valence-electron chi connectivity index (χ1n) is 4.09. The summed E-state index contributed by atoms with van der Waals surface area (Å²) in [5.41, 5.74) is 1.46. The fourth-order valence-corrected chi connectivity index (χ4v) is 1.01. The maximum absolute atomic E-state index is 3.68. The van der Waals surface area contributed by atoms with E-state index in [2.05, 4.69) is 38.7 Å². The van der Waals surface area contributed by atoms with Gasteiger partial charge in [-0.3, -0.25) is 0 Å². The lowest BCUT2D eigenvalue weighted by Gasteiger charge is -2.28. The van der Waals surface area contributed by atoms with E-state index in [-0.39, 0.29) is 5.54 Å². The molecule has 0 saturated heterocycles. The Labute approximate surface area is 70.2 Å². The van der Waals surface area contributed by atoms with Crippen molar-refractivity contribution in [3.63, 3.8) is 0 Å². The highest BCUT2D eigenvalue weighted by atomic mass is 14.9. The number of nitrogens with one attached hydrogen (secondary N) is 1. The summed E-state index contributed by atoms with van der Waals surface area (Å²) in [6.45, 7) is 10.2. The fraction of sp³-hybridized carbons (Fsp3) is 0.600. The molecule has 0 aliphatic rings. The zero-order chi connectivity index (χ0) is 8.91. The molecule has 0 spiro atoms. The third-order valence-corrected chi connectivity index (χ3v) is 2.50. The van der Waals surface area contributed by atoms with Crippen molar-refractivity contribution in [2.24, 2.45) is 0 Å². The molecule has 1 atom stereocenters. The van der Waals surface area contributed by atoms with Crippen molar-refractivity contribution in [2.75, 3.05) is 7.05 Å². The summed E-state index contributed by atoms with van der Waals surface area (Å²) in [5.74, 6) is 0. The van der Waals surface area contributed by atoms with Gasteiger partial charge in [0.15, 0.2) is 0 Å². The lowest BCUT2D eigenvalue weighted by atomic mass is 9.90. The van der Waals surface area contributed by atoms with Gasteiger partial charge in [0.1, 0.15) is 0 Å². The van der Waals surface area contributed by atoms with Crippen LogP contribution in [0.5, 0.6) is 0 Å². The molecule has 0 unspecified atom stereocenters. The second-order valence-corrected chi connectivity index (χ2v) is 3.02. The lowest BCUT2D eigenvalue weighted by molar-refractivity contribution is 0.437. The Morgan fingerprint density at radius 3 is 2.45 bits per heavy atom. The molecule has 0 bridgehead atoms. The predicted molar refractivity (Wildman–Crippen MR) is 51.7 cm³/mol. The minimum Gasteiger partial charge on any atom is -0.311 e. The van der Waals surface area contributed by atoms with Crippen molar-refractivity contribution >= 4 is 0 Å². The predicted octanol–water partition coefficient (Wildman–Crippen LogP) is 2.51. The van der Waals surface area contributed by atoms with Crippen molar-refractivity contribution in [3.05, 3.63) is 24.3 Å². The van der Waals surface area contributed by atoms with Crippen LogP contribution in [0.1, 0.15) is 27.2 Å². The Morgan fingerprint density at radius 1 is 1.64 bits per heavy atom. The van der Waals surface area contributed by atoms with Gasteiger partial charge in [-0.25, -0.2) is 0 Å². The zero-order valence-electron chi connectivity index (χ0n) is 8.07. The van der Waals surface area contributed by atoms with E-state index in [1.807, 2.05) is 13.1 Å². The second kappa shape index (κ2) is 4.35. The molecule has 0 rings (SSSR count). The number of hydrogen-bond donors (Lipinski definition) is 1. The molecule has 0 aliphatic heterocycles. The molecule has 1 N–H and O–H groups in total. The molecule has 0 saturated carbocycles. The summed E-state index contributed by atoms with van der Waals surface area (Å²) in [7, 11) is 1.99. The van der Waals surface area contributed by atoms with E-state index in [4.69, 9.17) is 0 Å². The van der Waals surface area contributed by atoms with Gasteiger partial charge >= 0.3 is 0 Å². The molecule has 1 nitrogen and oxygen atoms in total. The van der Waals surface area contributed by atoms with Gasteiger partial charge in [-0.1, -0.05) is 31.2 Å². The Morgan fingerprint density at radius 2 is 2.18 bits per heavy atom. The van der Waals surface area contributed by atoms with Crippen LogP contribution in [-0.2, 0) is 0 Å². The molecule has 0 fully saturated rings. The van der Waals surface area contributed by atoms with E-state index in [0.29, 0.717) is 0 Å². The Kier molecular flexibility index (Phi) is 4.12. The van der Waals surface area contributed by atoms with Crippen LogP contribution in [0.4, 0.5) is 0 Å². The van der Waals surface area contributed by atoms with E-state index in [1.54, 1.807) is 0 Å². The van der Waals surface area contributed by atoms with Crippen molar-refractivity contribution in [2.45, 2.75) is 32.7 Å². The minimum absolute atomic E-state index is 0.133. The molecule has 11 heavy (non-hydrogen) atoms. The Balaban J connectivity index is 4.48. The van der Waals surface area contributed by atoms with E-state index in [9.17, 15) is 0 Å². The lowest BCUT2D eigenvalue weighted by Crippen LogP contribution is -2.40. The molecule has 0 heterocycles. The molecular weight excluding hydrogens is 134 g/mol. The van der Waals surface area contributed by atoms with Crippen LogP contribution in [-0.4, -0.2) is 12.6 Å².